The maximum atomic E-state index is 15.0. The summed E-state index contributed by atoms with van der Waals surface area (Å²) in [6.45, 7) is 4.16. The van der Waals surface area contributed by atoms with Crippen LogP contribution in [0.4, 0.5) is 26.1 Å². The molecule has 4 aliphatic heterocycles. The van der Waals surface area contributed by atoms with Crippen LogP contribution >= 0.6 is 11.6 Å². The molecular formula is C49H47ClF2N10O6. The van der Waals surface area contributed by atoms with Gasteiger partial charge in [-0.2, -0.15) is 0 Å². The molecule has 4 aromatic carbocycles. The number of halogens is 3. The number of benzene rings is 4. The van der Waals surface area contributed by atoms with Crippen molar-refractivity contribution in [1.29, 1.82) is 0 Å². The SMILES string of the molecule is O=C1CCC(N2Cc3c(NC(=O)COCCNCCN4CCC(NC(=O)c5ccc(Nc6ncc7c(n6)-c6ccc(Cl)cc6C(c6c(F)cccc6F)=NC7)cc5)CC4)cccc3C2=O)C(=O)N1. The predicted octanol–water partition coefficient (Wildman–Crippen LogP) is 5.37. The number of rotatable bonds is 15. The summed E-state index contributed by atoms with van der Waals surface area (Å²) in [5.74, 6) is -2.87. The van der Waals surface area contributed by atoms with Gasteiger partial charge in [0.05, 0.1) is 30.1 Å². The van der Waals surface area contributed by atoms with Crippen molar-refractivity contribution in [1.82, 2.24) is 35.7 Å². The van der Waals surface area contributed by atoms with Gasteiger partial charge >= 0.3 is 0 Å². The summed E-state index contributed by atoms with van der Waals surface area (Å²) in [6.07, 6.45) is 3.66. The summed E-state index contributed by atoms with van der Waals surface area (Å²) in [4.78, 5) is 80.6. The molecule has 0 bridgehead atoms. The first-order chi connectivity index (χ1) is 33.0. The molecule has 9 rings (SSSR count). The minimum Gasteiger partial charge on any atom is -0.370 e. The molecule has 1 unspecified atom stereocenters. The van der Waals surface area contributed by atoms with Gasteiger partial charge in [0, 0.05) is 108 Å². The van der Waals surface area contributed by atoms with E-state index in [0.29, 0.717) is 68.6 Å². The van der Waals surface area contributed by atoms with Crippen molar-refractivity contribution in [3.8, 4) is 11.3 Å². The van der Waals surface area contributed by atoms with Crippen molar-refractivity contribution in [2.45, 2.75) is 50.9 Å². The minimum absolute atomic E-state index is 0.0378. The lowest BCUT2D eigenvalue weighted by Crippen LogP contribution is -2.52. The Morgan fingerprint density at radius 1 is 0.897 bits per heavy atom. The van der Waals surface area contributed by atoms with Crippen LogP contribution in [0.15, 0.2) is 90.1 Å². The number of carbonyl (C=O) groups excluding carboxylic acids is 5. The number of aliphatic imine (C=N–C) groups is 1. The molecule has 5 N–H and O–H groups in total. The van der Waals surface area contributed by atoms with Crippen molar-refractivity contribution in [3.63, 3.8) is 0 Å². The number of hydrogen-bond donors (Lipinski definition) is 5. The van der Waals surface area contributed by atoms with E-state index in [9.17, 15) is 32.8 Å². The smallest absolute Gasteiger partial charge is 0.255 e. The molecule has 0 radical (unpaired) electrons. The molecule has 2 fully saturated rings. The predicted molar refractivity (Wildman–Crippen MR) is 250 cm³/mol. The van der Waals surface area contributed by atoms with E-state index in [0.717, 1.165) is 39.0 Å². The zero-order valence-corrected chi connectivity index (χ0v) is 37.5. The minimum atomic E-state index is -0.742. The fraction of sp³-hybridized carbons (Fsp3) is 0.306. The number of fused-ring (bicyclic) bond motifs is 4. The second kappa shape index (κ2) is 20.5. The number of nitrogens with one attached hydrogen (secondary N) is 5. The van der Waals surface area contributed by atoms with Crippen LogP contribution in [0.2, 0.25) is 5.02 Å². The highest BCUT2D eigenvalue weighted by molar-refractivity contribution is 6.31. The van der Waals surface area contributed by atoms with Crippen LogP contribution in [0.5, 0.6) is 0 Å². The van der Waals surface area contributed by atoms with Crippen molar-refractivity contribution >= 4 is 64.2 Å². The molecule has 1 aromatic heterocycles. The molecule has 0 saturated carbocycles. The lowest BCUT2D eigenvalue weighted by atomic mass is 9.95. The molecule has 1 atom stereocenters. The van der Waals surface area contributed by atoms with Crippen LogP contribution < -0.4 is 26.6 Å². The van der Waals surface area contributed by atoms with Gasteiger partial charge in [0.2, 0.25) is 23.7 Å². The van der Waals surface area contributed by atoms with Gasteiger partial charge in [-0.25, -0.2) is 18.7 Å². The number of nitrogens with zero attached hydrogens (tertiary/aromatic N) is 5. The first-order valence-electron chi connectivity index (χ1n) is 22.4. The third kappa shape index (κ3) is 10.3. The first-order valence-corrected chi connectivity index (χ1v) is 22.8. The number of aromatic nitrogens is 2. The largest absolute Gasteiger partial charge is 0.370 e. The number of amides is 5. The molecule has 5 aromatic rings. The molecule has 5 heterocycles. The van der Waals surface area contributed by atoms with Gasteiger partial charge in [-0.1, -0.05) is 29.8 Å². The summed E-state index contributed by atoms with van der Waals surface area (Å²) < 4.78 is 35.5. The molecule has 16 nitrogen and oxygen atoms in total. The number of imide groups is 1. The third-order valence-electron chi connectivity index (χ3n) is 12.4. The molecule has 19 heteroatoms. The Labute approximate surface area is 394 Å². The summed E-state index contributed by atoms with van der Waals surface area (Å²) in [5, 5.41) is 15.2. The van der Waals surface area contributed by atoms with Crippen LogP contribution in [0.3, 0.4) is 0 Å². The van der Waals surface area contributed by atoms with Crippen LogP contribution in [-0.2, 0) is 32.2 Å². The topological polar surface area (TPSA) is 199 Å². The van der Waals surface area contributed by atoms with E-state index in [4.69, 9.17) is 21.3 Å². The zero-order valence-electron chi connectivity index (χ0n) is 36.7. The maximum absolute atomic E-state index is 15.0. The second-order valence-electron chi connectivity index (χ2n) is 16.9. The van der Waals surface area contributed by atoms with Crippen LogP contribution in [-0.4, -0.2) is 113 Å². The monoisotopic (exact) mass is 944 g/mol. The van der Waals surface area contributed by atoms with Gasteiger partial charge in [-0.3, -0.25) is 34.3 Å². The number of carbonyl (C=O) groups is 5. The maximum Gasteiger partial charge on any atom is 0.255 e. The fourth-order valence-electron chi connectivity index (χ4n) is 8.89. The Balaban J connectivity index is 0.678. The van der Waals surface area contributed by atoms with Crippen molar-refractivity contribution in [3.05, 3.63) is 135 Å². The molecule has 4 aliphatic rings. The Bertz CT molecular complexity index is 2800. The Morgan fingerprint density at radius 3 is 2.46 bits per heavy atom. The normalized spacial score (nSPS) is 17.1. The van der Waals surface area contributed by atoms with Gasteiger partial charge in [-0.15, -0.1) is 0 Å². The molecule has 0 aliphatic carbocycles. The van der Waals surface area contributed by atoms with E-state index in [2.05, 4.69) is 41.5 Å². The molecule has 2 saturated heterocycles. The molecular weight excluding hydrogens is 898 g/mol. The lowest BCUT2D eigenvalue weighted by Gasteiger charge is -2.32. The Hall–Kier alpha value is -6.99. The molecule has 350 valence electrons. The quantitative estimate of drug-likeness (QED) is 0.0668. The van der Waals surface area contributed by atoms with E-state index in [-0.39, 0.29) is 79.4 Å². The summed E-state index contributed by atoms with van der Waals surface area (Å²) >= 11 is 6.36. The lowest BCUT2D eigenvalue weighted by molar-refractivity contribution is -0.137. The van der Waals surface area contributed by atoms with E-state index in [1.807, 2.05) is 0 Å². The van der Waals surface area contributed by atoms with Gasteiger partial charge in [0.25, 0.3) is 11.8 Å². The zero-order chi connectivity index (χ0) is 47.3. The summed E-state index contributed by atoms with van der Waals surface area (Å²) in [7, 11) is 0. The third-order valence-corrected chi connectivity index (χ3v) is 12.6. The van der Waals surface area contributed by atoms with Crippen LogP contribution in [0.25, 0.3) is 11.3 Å². The number of likely N-dealkylation sites (tertiary alicyclic amines) is 1. The summed E-state index contributed by atoms with van der Waals surface area (Å²) in [5.41, 5.74) is 4.85. The number of hydrogen-bond acceptors (Lipinski definition) is 12. The van der Waals surface area contributed by atoms with E-state index < -0.39 is 23.6 Å². The van der Waals surface area contributed by atoms with E-state index in [1.165, 1.54) is 23.1 Å². The number of piperidine rings is 2. The van der Waals surface area contributed by atoms with Crippen molar-refractivity contribution in [2.75, 3.05) is 56.6 Å². The number of anilines is 3. The van der Waals surface area contributed by atoms with Gasteiger partial charge in [0.1, 0.15) is 24.3 Å². The highest BCUT2D eigenvalue weighted by atomic mass is 35.5. The first kappa shape index (κ1) is 46.1. The number of ether oxygens (including phenoxy) is 1. The highest BCUT2D eigenvalue weighted by Gasteiger charge is 2.40. The summed E-state index contributed by atoms with van der Waals surface area (Å²) in [6, 6.07) is 20.1. The van der Waals surface area contributed by atoms with Crippen LogP contribution in [0, 0.1) is 11.6 Å². The fourth-order valence-corrected chi connectivity index (χ4v) is 9.06. The average molecular weight is 945 g/mol. The molecule has 0 spiro atoms. The van der Waals surface area contributed by atoms with Crippen LogP contribution in [0.1, 0.15) is 68.7 Å². The van der Waals surface area contributed by atoms with E-state index >= 15 is 0 Å². The highest BCUT2D eigenvalue weighted by Crippen LogP contribution is 2.36. The average Bonchev–Trinajstić information content (AvgIpc) is 3.58. The van der Waals surface area contributed by atoms with E-state index in [1.54, 1.807) is 66.9 Å². The van der Waals surface area contributed by atoms with Gasteiger partial charge in [0.15, 0.2) is 0 Å². The van der Waals surface area contributed by atoms with Gasteiger partial charge < -0.3 is 35.8 Å². The molecule has 68 heavy (non-hydrogen) atoms. The van der Waals surface area contributed by atoms with Gasteiger partial charge in [-0.05, 0) is 79.9 Å². The standard InChI is InChI=1S/C49H47ClF2N10O6/c50-30-9-12-33-35(23-30)45(43-37(51)4-2-5-38(43)52)54-24-29-25-55-49(60-44(29)33)57-31-10-7-28(8-11-31)46(65)56-32-15-19-61(20-16-32)21-17-53-18-22-68-27-42(64)58-39-6-1-3-34-36(39)26-62(48(34)67)40-13-14-41(63)59-47(40)66/h1-12,23,25,32,40,53H,13-22,24,26-27H2,(H,56,65)(H,58,64)(H,55,57,60)(H,59,63,66). The Kier molecular flexibility index (Phi) is 13.9. The second-order valence-corrected chi connectivity index (χ2v) is 17.3. The van der Waals surface area contributed by atoms with Crippen molar-refractivity contribution < 1.29 is 37.5 Å². The Morgan fingerprint density at radius 2 is 1.68 bits per heavy atom. The molecule has 5 amide bonds. The van der Waals surface area contributed by atoms with Crippen molar-refractivity contribution in [2.24, 2.45) is 4.99 Å².